The van der Waals surface area contributed by atoms with E-state index in [1.807, 2.05) is 35.8 Å². The van der Waals surface area contributed by atoms with Crippen molar-refractivity contribution in [3.05, 3.63) is 58.4 Å². The van der Waals surface area contributed by atoms with Gasteiger partial charge >= 0.3 is 0 Å². The van der Waals surface area contributed by atoms with Crippen LogP contribution in [0.15, 0.2) is 47.5 Å². The number of benzene rings is 2. The topological polar surface area (TPSA) is 43.6 Å². The number of amides is 1. The lowest BCUT2D eigenvalue weighted by atomic mass is 10.1. The molecule has 138 valence electrons. The summed E-state index contributed by atoms with van der Waals surface area (Å²) >= 11 is 1.50. The van der Waals surface area contributed by atoms with Crippen LogP contribution in [-0.4, -0.2) is 17.1 Å². The average molecular weight is 378 g/mol. The molecule has 2 aromatic carbocycles. The molecule has 0 fully saturated rings. The molecule has 0 unspecified atom stereocenters. The smallest absolute Gasteiger partial charge is 0.252 e. The molecular formula is C22H22N2O2S. The van der Waals surface area contributed by atoms with Gasteiger partial charge in [-0.1, -0.05) is 42.4 Å². The average Bonchev–Trinajstić information content (AvgIpc) is 3.00. The maximum Gasteiger partial charge on any atom is 0.252 e. The van der Waals surface area contributed by atoms with E-state index in [0.29, 0.717) is 18.0 Å². The molecule has 3 rings (SSSR count). The van der Waals surface area contributed by atoms with Gasteiger partial charge in [0.2, 0.25) is 0 Å². The number of aromatic nitrogens is 1. The van der Waals surface area contributed by atoms with Gasteiger partial charge in [0, 0.05) is 0 Å². The Bertz CT molecular complexity index is 1050. The quantitative estimate of drug-likeness (QED) is 0.609. The second kappa shape index (κ2) is 8.70. The molecule has 0 aliphatic rings. The molecule has 1 aromatic heterocycles. The molecule has 0 N–H and O–H groups in total. The molecule has 0 atom stereocenters. The molecule has 27 heavy (non-hydrogen) atoms. The number of hydrogen-bond acceptors (Lipinski definition) is 3. The van der Waals surface area contributed by atoms with Crippen molar-refractivity contribution in [3.63, 3.8) is 0 Å². The standard InChI is InChI=1S/C22H22N2O2S/c1-4-13-24-19-12-9-16(5-2)14-20(19)27-22(24)23-21(25)15-17-7-10-18(11-8-17)26-6-3/h1,7-12,14H,5-6,13,15H2,2-3H3. The molecule has 3 aromatic rings. The van der Waals surface area contributed by atoms with E-state index in [9.17, 15) is 4.79 Å². The van der Waals surface area contributed by atoms with E-state index in [0.717, 1.165) is 28.0 Å². The Morgan fingerprint density at radius 2 is 1.93 bits per heavy atom. The Balaban J connectivity index is 1.90. The highest BCUT2D eigenvalue weighted by atomic mass is 32.1. The first-order chi connectivity index (χ1) is 13.1. The summed E-state index contributed by atoms with van der Waals surface area (Å²) in [5.41, 5.74) is 3.18. The summed E-state index contributed by atoms with van der Waals surface area (Å²) in [6, 6.07) is 13.8. The third-order valence-corrected chi connectivity index (χ3v) is 5.26. The number of ether oxygens (including phenoxy) is 1. The molecule has 1 amide bonds. The van der Waals surface area contributed by atoms with E-state index in [4.69, 9.17) is 11.2 Å². The first-order valence-corrected chi connectivity index (χ1v) is 9.81. The first kappa shape index (κ1) is 18.9. The fraction of sp³-hybridized carbons (Fsp3) is 0.273. The van der Waals surface area contributed by atoms with Gasteiger partial charge in [-0.05, 0) is 48.7 Å². The van der Waals surface area contributed by atoms with Crippen LogP contribution >= 0.6 is 11.3 Å². The molecule has 0 aliphatic heterocycles. The van der Waals surface area contributed by atoms with Gasteiger partial charge in [0.25, 0.3) is 5.91 Å². The van der Waals surface area contributed by atoms with Gasteiger partial charge < -0.3 is 9.30 Å². The van der Waals surface area contributed by atoms with Crippen LogP contribution in [0.25, 0.3) is 10.2 Å². The van der Waals surface area contributed by atoms with Crippen LogP contribution in [0, 0.1) is 12.3 Å². The highest BCUT2D eigenvalue weighted by molar-refractivity contribution is 7.16. The second-order valence-corrected chi connectivity index (χ2v) is 7.10. The summed E-state index contributed by atoms with van der Waals surface area (Å²) in [7, 11) is 0. The maximum atomic E-state index is 12.5. The van der Waals surface area contributed by atoms with Gasteiger partial charge in [-0.2, -0.15) is 4.99 Å². The molecule has 0 spiro atoms. The molecule has 0 saturated carbocycles. The van der Waals surface area contributed by atoms with Crippen LogP contribution in [0.3, 0.4) is 0 Å². The van der Waals surface area contributed by atoms with Crippen LogP contribution in [0.4, 0.5) is 0 Å². The van der Waals surface area contributed by atoms with Crippen LogP contribution in [-0.2, 0) is 24.2 Å². The molecule has 4 nitrogen and oxygen atoms in total. The van der Waals surface area contributed by atoms with E-state index in [-0.39, 0.29) is 12.3 Å². The second-order valence-electron chi connectivity index (χ2n) is 6.09. The highest BCUT2D eigenvalue weighted by Crippen LogP contribution is 2.20. The Kier molecular flexibility index (Phi) is 6.10. The summed E-state index contributed by atoms with van der Waals surface area (Å²) in [6.45, 7) is 5.07. The number of nitrogens with zero attached hydrogens (tertiary/aromatic N) is 2. The van der Waals surface area contributed by atoms with Crippen molar-refractivity contribution in [2.75, 3.05) is 6.61 Å². The highest BCUT2D eigenvalue weighted by Gasteiger charge is 2.09. The number of carbonyl (C=O) groups excluding carboxylic acids is 1. The van der Waals surface area contributed by atoms with Crippen LogP contribution in [0.5, 0.6) is 5.75 Å². The predicted octanol–water partition coefficient (Wildman–Crippen LogP) is 3.97. The minimum atomic E-state index is -0.188. The zero-order valence-electron chi connectivity index (χ0n) is 15.6. The third kappa shape index (κ3) is 4.47. The van der Waals surface area contributed by atoms with Gasteiger partial charge in [0.1, 0.15) is 5.75 Å². The molecule has 0 radical (unpaired) electrons. The summed E-state index contributed by atoms with van der Waals surface area (Å²) in [4.78, 5) is 17.5. The number of fused-ring (bicyclic) bond motifs is 1. The number of terminal acetylenes is 1. The first-order valence-electron chi connectivity index (χ1n) is 8.99. The van der Waals surface area contributed by atoms with Crippen LogP contribution < -0.4 is 9.54 Å². The van der Waals surface area contributed by atoms with Gasteiger partial charge in [-0.25, -0.2) is 0 Å². The molecule has 0 aliphatic carbocycles. The Morgan fingerprint density at radius 1 is 1.19 bits per heavy atom. The van der Waals surface area contributed by atoms with E-state index in [2.05, 4.69) is 36.0 Å². The number of carbonyl (C=O) groups is 1. The molecular weight excluding hydrogens is 356 g/mol. The van der Waals surface area contributed by atoms with Crippen molar-refractivity contribution in [2.24, 2.45) is 4.99 Å². The van der Waals surface area contributed by atoms with Crippen molar-refractivity contribution < 1.29 is 9.53 Å². The van der Waals surface area contributed by atoms with E-state index in [1.165, 1.54) is 16.9 Å². The van der Waals surface area contributed by atoms with Crippen LogP contribution in [0.2, 0.25) is 0 Å². The zero-order chi connectivity index (χ0) is 19.2. The van der Waals surface area contributed by atoms with Gasteiger partial charge in [-0.3, -0.25) is 4.79 Å². The molecule has 5 heteroatoms. The summed E-state index contributed by atoms with van der Waals surface area (Å²) in [5.74, 6) is 3.27. The molecule has 1 heterocycles. The lowest BCUT2D eigenvalue weighted by Gasteiger charge is -2.03. The number of aryl methyl sites for hydroxylation is 1. The Morgan fingerprint density at radius 3 is 2.59 bits per heavy atom. The fourth-order valence-corrected chi connectivity index (χ4v) is 3.97. The molecule has 0 saturated heterocycles. The lowest BCUT2D eigenvalue weighted by Crippen LogP contribution is -2.17. The SMILES string of the molecule is C#CCn1c(=NC(=O)Cc2ccc(OCC)cc2)sc2cc(CC)ccc21. The number of rotatable bonds is 6. The van der Waals surface area contributed by atoms with Gasteiger partial charge in [0.15, 0.2) is 4.80 Å². The molecule has 0 bridgehead atoms. The van der Waals surface area contributed by atoms with E-state index < -0.39 is 0 Å². The van der Waals surface area contributed by atoms with Gasteiger partial charge in [0.05, 0.1) is 29.8 Å². The largest absolute Gasteiger partial charge is 0.494 e. The third-order valence-electron chi connectivity index (χ3n) is 4.21. The number of thiazole rings is 1. The summed E-state index contributed by atoms with van der Waals surface area (Å²) in [5, 5.41) is 0. The van der Waals surface area contributed by atoms with E-state index >= 15 is 0 Å². The zero-order valence-corrected chi connectivity index (χ0v) is 16.4. The van der Waals surface area contributed by atoms with E-state index in [1.54, 1.807) is 0 Å². The van der Waals surface area contributed by atoms with Crippen molar-refractivity contribution in [2.45, 2.75) is 33.2 Å². The Labute approximate surface area is 163 Å². The van der Waals surface area contributed by atoms with Crippen molar-refractivity contribution in [1.29, 1.82) is 0 Å². The lowest BCUT2D eigenvalue weighted by molar-refractivity contribution is -0.117. The monoisotopic (exact) mass is 378 g/mol. The minimum absolute atomic E-state index is 0.188. The Hall–Kier alpha value is -2.84. The van der Waals surface area contributed by atoms with Crippen molar-refractivity contribution >= 4 is 27.5 Å². The summed E-state index contributed by atoms with van der Waals surface area (Å²) in [6.07, 6.45) is 6.74. The fourth-order valence-electron chi connectivity index (χ4n) is 2.86. The maximum absolute atomic E-state index is 12.5. The van der Waals surface area contributed by atoms with Crippen LogP contribution in [0.1, 0.15) is 25.0 Å². The van der Waals surface area contributed by atoms with Gasteiger partial charge in [-0.15, -0.1) is 6.42 Å². The number of hydrogen-bond donors (Lipinski definition) is 0. The summed E-state index contributed by atoms with van der Waals surface area (Å²) < 4.78 is 8.45. The van der Waals surface area contributed by atoms with Crippen molar-refractivity contribution in [1.82, 2.24) is 4.57 Å². The predicted molar refractivity (Wildman–Crippen MR) is 110 cm³/mol. The minimum Gasteiger partial charge on any atom is -0.494 e. The van der Waals surface area contributed by atoms with Crippen molar-refractivity contribution in [3.8, 4) is 18.1 Å². The normalized spacial score (nSPS) is 11.5.